The highest BCUT2D eigenvalue weighted by Crippen LogP contribution is 2.15. The second-order valence-corrected chi connectivity index (χ2v) is 11.6. The first-order valence-electron chi connectivity index (χ1n) is 17.7. The van der Waals surface area contributed by atoms with Crippen molar-refractivity contribution in [3.8, 4) is 0 Å². The highest BCUT2D eigenvalue weighted by molar-refractivity contribution is 5.81. The number of unbranched alkanes of at least 4 members (excludes halogenated alkanes) is 14. The number of carbonyl (C=O) groups excluding carboxylic acids is 2. The van der Waals surface area contributed by atoms with E-state index in [4.69, 9.17) is 9.47 Å². The molecule has 0 aliphatic carbocycles. The molecule has 4 nitrogen and oxygen atoms in total. The summed E-state index contributed by atoms with van der Waals surface area (Å²) in [6.07, 6.45) is 44.2. The zero-order chi connectivity index (χ0) is 31.5. The summed E-state index contributed by atoms with van der Waals surface area (Å²) in [5.41, 5.74) is 0. The Labute approximate surface area is 266 Å². The van der Waals surface area contributed by atoms with Gasteiger partial charge in [0, 0.05) is 18.9 Å². The van der Waals surface area contributed by atoms with Crippen LogP contribution >= 0.6 is 0 Å². The number of hydrogen-bond acceptors (Lipinski definition) is 4. The van der Waals surface area contributed by atoms with Gasteiger partial charge in [-0.05, 0) is 77.0 Å². The van der Waals surface area contributed by atoms with E-state index in [1.54, 1.807) is 0 Å². The van der Waals surface area contributed by atoms with Gasteiger partial charge < -0.3 is 9.47 Å². The van der Waals surface area contributed by atoms with Crippen LogP contribution in [-0.2, 0) is 19.1 Å². The fraction of sp³-hybridized carbons (Fsp3) is 0.692. The quantitative estimate of drug-likeness (QED) is 0.0345. The van der Waals surface area contributed by atoms with E-state index in [0.29, 0.717) is 13.0 Å². The normalized spacial score (nSPS) is 12.6. The van der Waals surface area contributed by atoms with Crippen LogP contribution in [0.25, 0.3) is 0 Å². The Morgan fingerprint density at radius 3 is 1.77 bits per heavy atom. The Hall–Kier alpha value is -2.36. The third kappa shape index (κ3) is 32.4. The van der Waals surface area contributed by atoms with Crippen molar-refractivity contribution < 1.29 is 19.1 Å². The van der Waals surface area contributed by atoms with E-state index in [0.717, 1.165) is 70.6 Å². The van der Waals surface area contributed by atoms with Gasteiger partial charge in [-0.3, -0.25) is 4.79 Å². The maximum absolute atomic E-state index is 12.5. The Balaban J connectivity index is 4.02. The minimum atomic E-state index is -0.334. The van der Waals surface area contributed by atoms with Crippen molar-refractivity contribution in [2.75, 3.05) is 6.61 Å². The molecular weight excluding hydrogens is 532 g/mol. The van der Waals surface area contributed by atoms with Crippen LogP contribution in [0.2, 0.25) is 0 Å². The Morgan fingerprint density at radius 2 is 1.12 bits per heavy atom. The Bertz CT molecular complexity index is 761. The molecule has 0 aliphatic rings. The summed E-state index contributed by atoms with van der Waals surface area (Å²) in [7, 11) is 0. The van der Waals surface area contributed by atoms with E-state index in [9.17, 15) is 9.59 Å². The molecule has 0 amide bonds. The predicted octanol–water partition coefficient (Wildman–Crippen LogP) is 11.9. The molecule has 0 spiro atoms. The minimum Gasteiger partial charge on any atom is -0.463 e. The maximum atomic E-state index is 12.5. The number of allylic oxidation sites excluding steroid dienone is 7. The smallest absolute Gasteiger partial charge is 0.330 e. The summed E-state index contributed by atoms with van der Waals surface area (Å²) in [6, 6.07) is 0. The van der Waals surface area contributed by atoms with E-state index in [1.807, 2.05) is 0 Å². The van der Waals surface area contributed by atoms with Crippen molar-refractivity contribution in [1.29, 1.82) is 0 Å². The van der Waals surface area contributed by atoms with Gasteiger partial charge in [-0.1, -0.05) is 127 Å². The molecular formula is C39H66O4. The third-order valence-corrected chi connectivity index (χ3v) is 7.44. The highest BCUT2D eigenvalue weighted by atomic mass is 16.5. The molecule has 246 valence electrons. The molecule has 43 heavy (non-hydrogen) atoms. The molecule has 0 bridgehead atoms. The zero-order valence-electron chi connectivity index (χ0n) is 28.1. The summed E-state index contributed by atoms with van der Waals surface area (Å²) < 4.78 is 10.9. The van der Waals surface area contributed by atoms with Crippen molar-refractivity contribution in [2.45, 2.75) is 168 Å². The van der Waals surface area contributed by atoms with E-state index in [1.165, 1.54) is 76.7 Å². The lowest BCUT2D eigenvalue weighted by Gasteiger charge is -2.16. The number of carbonyl (C=O) groups is 2. The number of rotatable bonds is 31. The van der Waals surface area contributed by atoms with Gasteiger partial charge in [0.15, 0.2) is 0 Å². The van der Waals surface area contributed by atoms with E-state index in [2.05, 4.69) is 69.0 Å². The van der Waals surface area contributed by atoms with Crippen LogP contribution < -0.4 is 0 Å². The largest absolute Gasteiger partial charge is 0.463 e. The molecule has 0 N–H and O–H groups in total. The van der Waals surface area contributed by atoms with Crippen molar-refractivity contribution in [1.82, 2.24) is 0 Å². The topological polar surface area (TPSA) is 52.6 Å². The molecule has 0 aromatic rings. The lowest BCUT2D eigenvalue weighted by atomic mass is 10.1. The van der Waals surface area contributed by atoms with E-state index >= 15 is 0 Å². The average molecular weight is 599 g/mol. The molecule has 0 radical (unpaired) electrons. The monoisotopic (exact) mass is 598 g/mol. The first-order chi connectivity index (χ1) is 21.1. The van der Waals surface area contributed by atoms with E-state index < -0.39 is 0 Å². The summed E-state index contributed by atoms with van der Waals surface area (Å²) >= 11 is 0. The summed E-state index contributed by atoms with van der Waals surface area (Å²) in [5.74, 6) is -0.373. The van der Waals surface area contributed by atoms with Crippen LogP contribution in [0, 0.1) is 0 Å². The zero-order valence-corrected chi connectivity index (χ0v) is 28.1. The molecule has 0 rings (SSSR count). The molecule has 0 fully saturated rings. The van der Waals surface area contributed by atoms with Crippen LogP contribution in [-0.4, -0.2) is 24.6 Å². The van der Waals surface area contributed by atoms with Crippen LogP contribution in [0.15, 0.2) is 61.3 Å². The molecule has 0 aliphatic heterocycles. The lowest BCUT2D eigenvalue weighted by Crippen LogP contribution is -2.17. The second kappa shape index (κ2) is 34.1. The standard InChI is InChI=1S/C39H66O4/c1-4-7-9-11-12-13-14-15-16-17-18-21-24-27-31-35-39(41)43-37(33-29-10-8-5-2)34-30-26-23-20-19-22-25-28-32-36-42-38(40)6-3/h6,12-13,15-16,18,21,26,30,37H,3-5,7-11,14,17,19-20,22-25,27-29,31-36H2,1-2H3/b13-12-,16-15-,21-18-,30-26-. The Morgan fingerprint density at radius 1 is 0.605 bits per heavy atom. The van der Waals surface area contributed by atoms with Gasteiger partial charge in [0.2, 0.25) is 0 Å². The van der Waals surface area contributed by atoms with E-state index in [-0.39, 0.29) is 18.0 Å². The van der Waals surface area contributed by atoms with Gasteiger partial charge in [0.25, 0.3) is 0 Å². The summed E-state index contributed by atoms with van der Waals surface area (Å²) in [5, 5.41) is 0. The highest BCUT2D eigenvalue weighted by Gasteiger charge is 2.13. The fourth-order valence-corrected chi connectivity index (χ4v) is 4.76. The van der Waals surface area contributed by atoms with Gasteiger partial charge in [0.1, 0.15) is 6.10 Å². The van der Waals surface area contributed by atoms with Gasteiger partial charge in [-0.15, -0.1) is 0 Å². The first-order valence-corrected chi connectivity index (χ1v) is 17.7. The van der Waals surface area contributed by atoms with Crippen LogP contribution in [0.3, 0.4) is 0 Å². The van der Waals surface area contributed by atoms with Crippen molar-refractivity contribution >= 4 is 11.9 Å². The van der Waals surface area contributed by atoms with Crippen molar-refractivity contribution in [3.05, 3.63) is 61.3 Å². The van der Waals surface area contributed by atoms with Crippen LogP contribution in [0.1, 0.15) is 162 Å². The van der Waals surface area contributed by atoms with Gasteiger partial charge >= 0.3 is 11.9 Å². The summed E-state index contributed by atoms with van der Waals surface area (Å²) in [6.45, 7) is 8.36. The maximum Gasteiger partial charge on any atom is 0.330 e. The fourth-order valence-electron chi connectivity index (χ4n) is 4.76. The molecule has 0 aromatic carbocycles. The van der Waals surface area contributed by atoms with Gasteiger partial charge in [-0.2, -0.15) is 0 Å². The molecule has 0 heterocycles. The number of ether oxygens (including phenoxy) is 2. The average Bonchev–Trinajstić information content (AvgIpc) is 3.01. The van der Waals surface area contributed by atoms with Crippen LogP contribution in [0.5, 0.6) is 0 Å². The molecule has 4 heteroatoms. The molecule has 1 atom stereocenters. The van der Waals surface area contributed by atoms with Gasteiger partial charge in [-0.25, -0.2) is 4.79 Å². The third-order valence-electron chi connectivity index (χ3n) is 7.44. The minimum absolute atomic E-state index is 0.00802. The number of esters is 2. The summed E-state index contributed by atoms with van der Waals surface area (Å²) in [4.78, 5) is 23.5. The molecule has 0 saturated heterocycles. The lowest BCUT2D eigenvalue weighted by molar-refractivity contribution is -0.149. The second-order valence-electron chi connectivity index (χ2n) is 11.6. The first kappa shape index (κ1) is 40.6. The van der Waals surface area contributed by atoms with Gasteiger partial charge in [0.05, 0.1) is 6.61 Å². The molecule has 0 aromatic heterocycles. The molecule has 1 unspecified atom stereocenters. The van der Waals surface area contributed by atoms with Crippen LogP contribution in [0.4, 0.5) is 0 Å². The SMILES string of the molecule is C=CC(=O)OCCCCCCCC/C=C\CC(CCCCCC)OC(=O)CCCC/C=C\C/C=C\C/C=C\CCCCC. The van der Waals surface area contributed by atoms with Crippen molar-refractivity contribution in [3.63, 3.8) is 0 Å². The predicted molar refractivity (Wildman–Crippen MR) is 185 cm³/mol. The Kier molecular flexibility index (Phi) is 32.3. The number of hydrogen-bond donors (Lipinski definition) is 0. The van der Waals surface area contributed by atoms with Crippen molar-refractivity contribution in [2.24, 2.45) is 0 Å². The molecule has 0 saturated carbocycles.